The predicted octanol–water partition coefficient (Wildman–Crippen LogP) is 7.81. The zero-order valence-corrected chi connectivity index (χ0v) is 20.8. The molecule has 0 atom stereocenters. The maximum atomic E-state index is 12.9. The highest BCUT2D eigenvalue weighted by molar-refractivity contribution is 6.42. The van der Waals surface area contributed by atoms with Crippen molar-refractivity contribution in [2.75, 3.05) is 0 Å². The Morgan fingerprint density at radius 2 is 1.63 bits per heavy atom. The molecular weight excluding hydrogens is 487 g/mol. The largest absolute Gasteiger partial charge is 0.460 e. The fraction of sp³-hybridized carbons (Fsp3) is 0.143. The third kappa shape index (κ3) is 5.94. The lowest BCUT2D eigenvalue weighted by Crippen LogP contribution is -2.10. The number of fused-ring (bicyclic) bond motifs is 1. The second-order valence-electron chi connectivity index (χ2n) is 8.89. The number of benzene rings is 3. The van der Waals surface area contributed by atoms with Crippen LogP contribution in [0.15, 0.2) is 82.2 Å². The number of rotatable bonds is 5. The number of carbonyl (C=O) groups is 1. The molecule has 1 heterocycles. The number of esters is 1. The topological polar surface area (TPSA) is 65.7 Å². The second kappa shape index (κ2) is 9.98. The third-order valence-corrected chi connectivity index (χ3v) is 5.98. The van der Waals surface area contributed by atoms with Crippen molar-refractivity contribution in [3.8, 4) is 17.2 Å². The van der Waals surface area contributed by atoms with Gasteiger partial charge in [-0.3, -0.25) is 4.79 Å². The molecule has 4 aromatic rings. The van der Waals surface area contributed by atoms with Crippen molar-refractivity contribution in [3.05, 3.63) is 104 Å². The maximum absolute atomic E-state index is 12.9. The van der Waals surface area contributed by atoms with Crippen LogP contribution in [0.4, 0.5) is 0 Å². The van der Waals surface area contributed by atoms with Crippen molar-refractivity contribution in [1.82, 2.24) is 0 Å². The van der Waals surface area contributed by atoms with Crippen molar-refractivity contribution in [2.45, 2.75) is 26.2 Å². The van der Waals surface area contributed by atoms with Crippen LogP contribution >= 0.6 is 23.2 Å². The van der Waals surface area contributed by atoms with E-state index in [4.69, 9.17) is 37.1 Å². The Morgan fingerprint density at radius 3 is 2.31 bits per heavy atom. The van der Waals surface area contributed by atoms with Crippen molar-refractivity contribution in [2.24, 2.45) is 0 Å². The van der Waals surface area contributed by atoms with Gasteiger partial charge < -0.3 is 13.9 Å². The van der Waals surface area contributed by atoms with E-state index in [-0.39, 0.29) is 27.9 Å². The molecule has 1 aromatic heterocycles. The van der Waals surface area contributed by atoms with Gasteiger partial charge in [-0.2, -0.15) is 0 Å². The lowest BCUT2D eigenvalue weighted by molar-refractivity contribution is -0.128. The molecule has 0 bridgehead atoms. The predicted molar refractivity (Wildman–Crippen MR) is 139 cm³/mol. The van der Waals surface area contributed by atoms with Gasteiger partial charge in [0, 0.05) is 12.1 Å². The van der Waals surface area contributed by atoms with Crippen LogP contribution in [0.5, 0.6) is 17.2 Å². The molecule has 0 aliphatic carbocycles. The number of hydrogen-bond donors (Lipinski definition) is 0. The number of hydrogen-bond acceptors (Lipinski definition) is 5. The molecule has 0 radical (unpaired) electrons. The van der Waals surface area contributed by atoms with E-state index in [2.05, 4.69) is 20.8 Å². The molecule has 0 fully saturated rings. The normalized spacial score (nSPS) is 11.7. The van der Waals surface area contributed by atoms with Crippen LogP contribution in [0.1, 0.15) is 31.9 Å². The van der Waals surface area contributed by atoms with E-state index in [0.29, 0.717) is 26.7 Å². The minimum atomic E-state index is -0.601. The summed E-state index contributed by atoms with van der Waals surface area (Å²) in [4.78, 5) is 25.1. The summed E-state index contributed by atoms with van der Waals surface area (Å²) in [6.07, 6.45) is 4.07. The quantitative estimate of drug-likeness (QED) is 0.156. The summed E-state index contributed by atoms with van der Waals surface area (Å²) < 4.78 is 16.7. The van der Waals surface area contributed by atoms with Gasteiger partial charge in [-0.05, 0) is 59.0 Å². The van der Waals surface area contributed by atoms with Gasteiger partial charge in [0.05, 0.1) is 15.4 Å². The first-order valence-corrected chi connectivity index (χ1v) is 11.5. The van der Waals surface area contributed by atoms with Crippen LogP contribution in [0.25, 0.3) is 17.0 Å². The van der Waals surface area contributed by atoms with E-state index in [1.54, 1.807) is 24.3 Å². The molecule has 0 amide bonds. The average Bonchev–Trinajstić information content (AvgIpc) is 2.81. The van der Waals surface area contributed by atoms with Crippen LogP contribution in [-0.4, -0.2) is 5.97 Å². The monoisotopic (exact) mass is 508 g/mol. The standard InChI is InChI=1S/C28H22Cl2O5/c1-28(2,3)18-6-8-19(9-7-18)34-25-16-33-24-15-20(10-11-21(24)27(25)32)35-26(31)13-5-17-4-12-22(29)23(30)14-17/h4-16H,1-3H3/b13-5+. The van der Waals surface area contributed by atoms with Crippen LogP contribution in [0.2, 0.25) is 10.0 Å². The van der Waals surface area contributed by atoms with Crippen molar-refractivity contribution >= 4 is 46.2 Å². The zero-order chi connectivity index (χ0) is 25.2. The first kappa shape index (κ1) is 24.6. The van der Waals surface area contributed by atoms with Crippen molar-refractivity contribution in [3.63, 3.8) is 0 Å². The SMILES string of the molecule is CC(C)(C)c1ccc(Oc2coc3cc(OC(=O)/C=C/c4ccc(Cl)c(Cl)c4)ccc3c2=O)cc1. The molecule has 178 valence electrons. The van der Waals surface area contributed by atoms with Crippen LogP contribution < -0.4 is 14.9 Å². The Morgan fingerprint density at radius 1 is 0.914 bits per heavy atom. The average molecular weight is 509 g/mol. The van der Waals surface area contributed by atoms with Gasteiger partial charge in [0.1, 0.15) is 23.3 Å². The molecule has 0 spiro atoms. The fourth-order valence-corrected chi connectivity index (χ4v) is 3.61. The lowest BCUT2D eigenvalue weighted by atomic mass is 9.87. The Labute approximate surface area is 212 Å². The number of halogens is 2. The molecule has 4 rings (SSSR count). The molecule has 5 nitrogen and oxygen atoms in total. The fourth-order valence-electron chi connectivity index (χ4n) is 3.31. The molecular formula is C28H22Cl2O5. The van der Waals surface area contributed by atoms with E-state index in [0.717, 1.165) is 5.56 Å². The summed E-state index contributed by atoms with van der Waals surface area (Å²) >= 11 is 11.9. The summed E-state index contributed by atoms with van der Waals surface area (Å²) in [6.45, 7) is 6.37. The van der Waals surface area contributed by atoms with Crippen LogP contribution in [0, 0.1) is 0 Å². The van der Waals surface area contributed by atoms with Gasteiger partial charge in [0.25, 0.3) is 0 Å². The highest BCUT2D eigenvalue weighted by Gasteiger charge is 2.15. The minimum absolute atomic E-state index is 0.0149. The van der Waals surface area contributed by atoms with Crippen molar-refractivity contribution < 1.29 is 18.7 Å². The van der Waals surface area contributed by atoms with E-state index >= 15 is 0 Å². The number of carbonyl (C=O) groups excluding carboxylic acids is 1. The van der Waals surface area contributed by atoms with E-state index in [1.807, 2.05) is 24.3 Å². The number of ether oxygens (including phenoxy) is 2. The van der Waals surface area contributed by atoms with E-state index < -0.39 is 5.97 Å². The Hall–Kier alpha value is -3.54. The maximum Gasteiger partial charge on any atom is 0.336 e. The van der Waals surface area contributed by atoms with Crippen LogP contribution in [-0.2, 0) is 10.2 Å². The first-order chi connectivity index (χ1) is 16.6. The molecule has 35 heavy (non-hydrogen) atoms. The minimum Gasteiger partial charge on any atom is -0.460 e. The molecule has 0 unspecified atom stereocenters. The van der Waals surface area contributed by atoms with E-state index in [9.17, 15) is 9.59 Å². The summed E-state index contributed by atoms with van der Waals surface area (Å²) in [5.41, 5.74) is 1.81. The highest BCUT2D eigenvalue weighted by atomic mass is 35.5. The lowest BCUT2D eigenvalue weighted by Gasteiger charge is -2.19. The highest BCUT2D eigenvalue weighted by Crippen LogP contribution is 2.28. The smallest absolute Gasteiger partial charge is 0.336 e. The molecule has 0 N–H and O–H groups in total. The van der Waals surface area contributed by atoms with Gasteiger partial charge in [0.15, 0.2) is 0 Å². The van der Waals surface area contributed by atoms with E-state index in [1.165, 1.54) is 30.5 Å². The molecule has 3 aromatic carbocycles. The first-order valence-electron chi connectivity index (χ1n) is 10.8. The van der Waals surface area contributed by atoms with Gasteiger partial charge in [-0.1, -0.05) is 62.2 Å². The Kier molecular flexibility index (Phi) is 7.01. The molecule has 0 saturated carbocycles. The third-order valence-electron chi connectivity index (χ3n) is 5.24. The van der Waals surface area contributed by atoms with Gasteiger partial charge in [0.2, 0.25) is 11.2 Å². The summed E-state index contributed by atoms with van der Waals surface area (Å²) in [5, 5.41) is 1.12. The summed E-state index contributed by atoms with van der Waals surface area (Å²) in [7, 11) is 0. The molecule has 0 aliphatic heterocycles. The molecule has 7 heteroatoms. The van der Waals surface area contributed by atoms with Crippen LogP contribution in [0.3, 0.4) is 0 Å². The zero-order valence-electron chi connectivity index (χ0n) is 19.3. The summed E-state index contributed by atoms with van der Waals surface area (Å²) in [5.74, 6) is 0.228. The van der Waals surface area contributed by atoms with Gasteiger partial charge in [-0.25, -0.2) is 4.79 Å². The Bertz CT molecular complexity index is 1480. The molecule has 0 saturated heterocycles. The van der Waals surface area contributed by atoms with Crippen molar-refractivity contribution in [1.29, 1.82) is 0 Å². The van der Waals surface area contributed by atoms with Gasteiger partial charge >= 0.3 is 5.97 Å². The Balaban J connectivity index is 1.48. The molecule has 0 aliphatic rings. The summed E-state index contributed by atoms with van der Waals surface area (Å²) in [6, 6.07) is 17.1. The second-order valence-corrected chi connectivity index (χ2v) is 9.71. The van der Waals surface area contributed by atoms with Gasteiger partial charge in [-0.15, -0.1) is 0 Å².